The lowest BCUT2D eigenvalue weighted by Gasteiger charge is -2.33. The minimum absolute atomic E-state index is 0.158. The maximum atomic E-state index is 12.3. The van der Waals surface area contributed by atoms with E-state index in [0.29, 0.717) is 12.5 Å². The van der Waals surface area contributed by atoms with E-state index in [1.165, 1.54) is 11.3 Å². The molecule has 18 heavy (non-hydrogen) atoms. The molecule has 2 rings (SSSR count). The van der Waals surface area contributed by atoms with Gasteiger partial charge in [0.2, 0.25) is 0 Å². The number of piperidine rings is 1. The highest BCUT2D eigenvalue weighted by Crippen LogP contribution is 2.22. The Bertz CT molecular complexity index is 421. The van der Waals surface area contributed by atoms with Crippen molar-refractivity contribution in [3.8, 4) is 0 Å². The van der Waals surface area contributed by atoms with Gasteiger partial charge in [0.05, 0.1) is 6.54 Å². The predicted molar refractivity (Wildman–Crippen MR) is 78.9 cm³/mol. The first-order valence-electron chi connectivity index (χ1n) is 6.29. The molecule has 1 aromatic rings. The Labute approximate surface area is 121 Å². The molecule has 2 heterocycles. The number of nitrogens with zero attached hydrogens (tertiary/aromatic N) is 2. The molecule has 0 spiro atoms. The number of carbonyl (C=O) groups excluding carboxylic acids is 1. The van der Waals surface area contributed by atoms with Crippen LogP contribution in [0, 0.1) is 5.92 Å². The van der Waals surface area contributed by atoms with Crippen LogP contribution in [0.5, 0.6) is 0 Å². The molecule has 1 aromatic heterocycles. The summed E-state index contributed by atoms with van der Waals surface area (Å²) in [7, 11) is 1.88. The van der Waals surface area contributed by atoms with Gasteiger partial charge in [-0.25, -0.2) is 4.79 Å². The van der Waals surface area contributed by atoms with Crippen LogP contribution < -0.4 is 0 Å². The van der Waals surface area contributed by atoms with Crippen LogP contribution in [0.4, 0.5) is 4.79 Å². The SMILES string of the molecule is CC1CCCN(C(=O)N(C)Cc2cc(Br)cs2)C1. The lowest BCUT2D eigenvalue weighted by Crippen LogP contribution is -2.45. The van der Waals surface area contributed by atoms with Crippen LogP contribution in [0.2, 0.25) is 0 Å². The minimum atomic E-state index is 0.158. The molecule has 0 saturated carbocycles. The summed E-state index contributed by atoms with van der Waals surface area (Å²) in [4.78, 5) is 17.3. The minimum Gasteiger partial charge on any atom is -0.324 e. The molecule has 1 atom stereocenters. The number of halogens is 1. The maximum absolute atomic E-state index is 12.3. The Morgan fingerprint density at radius 2 is 2.44 bits per heavy atom. The lowest BCUT2D eigenvalue weighted by molar-refractivity contribution is 0.138. The number of rotatable bonds is 2. The summed E-state index contributed by atoms with van der Waals surface area (Å²) >= 11 is 5.12. The Hall–Kier alpha value is -0.550. The zero-order chi connectivity index (χ0) is 13.1. The zero-order valence-electron chi connectivity index (χ0n) is 10.9. The summed E-state index contributed by atoms with van der Waals surface area (Å²) in [6, 6.07) is 2.24. The quantitative estimate of drug-likeness (QED) is 0.809. The first kappa shape index (κ1) is 13.9. The molecule has 1 saturated heterocycles. The number of hydrogen-bond donors (Lipinski definition) is 0. The smallest absolute Gasteiger partial charge is 0.320 e. The van der Waals surface area contributed by atoms with Crippen LogP contribution in [-0.2, 0) is 6.54 Å². The van der Waals surface area contributed by atoms with Crippen molar-refractivity contribution in [2.75, 3.05) is 20.1 Å². The molecule has 3 nitrogen and oxygen atoms in total. The van der Waals surface area contributed by atoms with Crippen molar-refractivity contribution in [1.29, 1.82) is 0 Å². The number of thiophene rings is 1. The van der Waals surface area contributed by atoms with Crippen LogP contribution in [0.25, 0.3) is 0 Å². The van der Waals surface area contributed by atoms with Gasteiger partial charge < -0.3 is 9.80 Å². The molecule has 0 bridgehead atoms. The van der Waals surface area contributed by atoms with E-state index in [9.17, 15) is 4.79 Å². The van der Waals surface area contributed by atoms with Crippen LogP contribution in [-0.4, -0.2) is 36.0 Å². The summed E-state index contributed by atoms with van der Waals surface area (Å²) in [6.07, 6.45) is 2.37. The third-order valence-electron chi connectivity index (χ3n) is 3.27. The third-order valence-corrected chi connectivity index (χ3v) is 4.95. The molecule has 1 aliphatic heterocycles. The normalized spacial score (nSPS) is 19.9. The van der Waals surface area contributed by atoms with Crippen molar-refractivity contribution < 1.29 is 4.79 Å². The first-order valence-corrected chi connectivity index (χ1v) is 7.96. The van der Waals surface area contributed by atoms with E-state index < -0.39 is 0 Å². The van der Waals surface area contributed by atoms with Gasteiger partial charge >= 0.3 is 6.03 Å². The van der Waals surface area contributed by atoms with Gasteiger partial charge in [-0.1, -0.05) is 6.92 Å². The van der Waals surface area contributed by atoms with E-state index >= 15 is 0 Å². The number of amides is 2. The second kappa shape index (κ2) is 6.06. The highest BCUT2D eigenvalue weighted by atomic mass is 79.9. The molecular formula is C13H19BrN2OS. The molecule has 0 N–H and O–H groups in total. The predicted octanol–water partition coefficient (Wildman–Crippen LogP) is 3.79. The van der Waals surface area contributed by atoms with Crippen molar-refractivity contribution in [3.63, 3.8) is 0 Å². The van der Waals surface area contributed by atoms with Crippen molar-refractivity contribution >= 4 is 33.3 Å². The van der Waals surface area contributed by atoms with E-state index in [1.54, 1.807) is 11.3 Å². The summed E-state index contributed by atoms with van der Waals surface area (Å²) in [5.74, 6) is 0.631. The Morgan fingerprint density at radius 1 is 1.67 bits per heavy atom. The van der Waals surface area contributed by atoms with Gasteiger partial charge in [0.1, 0.15) is 0 Å². The average Bonchev–Trinajstić information content (AvgIpc) is 2.73. The fraction of sp³-hybridized carbons (Fsp3) is 0.615. The summed E-state index contributed by atoms with van der Waals surface area (Å²) in [5.41, 5.74) is 0. The van der Waals surface area contributed by atoms with E-state index in [2.05, 4.69) is 34.3 Å². The maximum Gasteiger partial charge on any atom is 0.320 e. The van der Waals surface area contributed by atoms with Crippen molar-refractivity contribution in [2.24, 2.45) is 5.92 Å². The molecule has 1 aliphatic rings. The summed E-state index contributed by atoms with van der Waals surface area (Å²) < 4.78 is 1.09. The Balaban J connectivity index is 1.91. The molecular weight excluding hydrogens is 312 g/mol. The average molecular weight is 331 g/mol. The molecule has 0 radical (unpaired) electrons. The standard InChI is InChI=1S/C13H19BrN2OS/c1-10-4-3-5-16(7-10)13(17)15(2)8-12-6-11(14)9-18-12/h6,9-10H,3-5,7-8H2,1-2H3. The van der Waals surface area contributed by atoms with Gasteiger partial charge in [-0.3, -0.25) is 0 Å². The summed E-state index contributed by atoms with van der Waals surface area (Å²) in [6.45, 7) is 4.72. The molecule has 100 valence electrons. The van der Waals surface area contributed by atoms with Gasteiger partial charge in [0.15, 0.2) is 0 Å². The highest BCUT2D eigenvalue weighted by molar-refractivity contribution is 9.10. The van der Waals surface area contributed by atoms with Crippen LogP contribution in [0.15, 0.2) is 15.9 Å². The number of likely N-dealkylation sites (tertiary alicyclic amines) is 1. The van der Waals surface area contributed by atoms with Gasteiger partial charge in [-0.15, -0.1) is 11.3 Å². The first-order chi connectivity index (χ1) is 8.56. The van der Waals surface area contributed by atoms with Gasteiger partial charge in [0, 0.05) is 34.9 Å². The topological polar surface area (TPSA) is 23.6 Å². The third kappa shape index (κ3) is 3.48. The molecule has 1 unspecified atom stereocenters. The van der Waals surface area contributed by atoms with Crippen molar-refractivity contribution in [3.05, 3.63) is 20.8 Å². The van der Waals surface area contributed by atoms with Crippen LogP contribution in [0.1, 0.15) is 24.6 Å². The Morgan fingerprint density at radius 3 is 3.06 bits per heavy atom. The van der Waals surface area contributed by atoms with Crippen molar-refractivity contribution in [1.82, 2.24) is 9.80 Å². The fourth-order valence-electron chi connectivity index (χ4n) is 2.34. The fourth-order valence-corrected chi connectivity index (χ4v) is 3.85. The van der Waals surface area contributed by atoms with Crippen molar-refractivity contribution in [2.45, 2.75) is 26.3 Å². The van der Waals surface area contributed by atoms with Gasteiger partial charge in [-0.2, -0.15) is 0 Å². The molecule has 0 aliphatic carbocycles. The molecule has 2 amide bonds. The zero-order valence-corrected chi connectivity index (χ0v) is 13.3. The molecule has 5 heteroatoms. The van der Waals surface area contributed by atoms with E-state index in [1.807, 2.05) is 16.8 Å². The van der Waals surface area contributed by atoms with Gasteiger partial charge in [-0.05, 0) is 40.8 Å². The van der Waals surface area contributed by atoms with Crippen LogP contribution in [0.3, 0.4) is 0 Å². The highest BCUT2D eigenvalue weighted by Gasteiger charge is 2.23. The second-order valence-electron chi connectivity index (χ2n) is 5.06. The molecule has 0 aromatic carbocycles. The lowest BCUT2D eigenvalue weighted by atomic mass is 10.0. The Kier molecular flexibility index (Phi) is 4.67. The summed E-state index contributed by atoms with van der Waals surface area (Å²) in [5, 5.41) is 2.05. The number of carbonyl (C=O) groups is 1. The van der Waals surface area contributed by atoms with E-state index in [-0.39, 0.29) is 6.03 Å². The second-order valence-corrected chi connectivity index (χ2v) is 6.97. The van der Waals surface area contributed by atoms with E-state index in [0.717, 1.165) is 24.0 Å². The molecule has 1 fully saturated rings. The van der Waals surface area contributed by atoms with Crippen LogP contribution >= 0.6 is 27.3 Å². The largest absolute Gasteiger partial charge is 0.324 e. The van der Waals surface area contributed by atoms with Gasteiger partial charge in [0.25, 0.3) is 0 Å². The van der Waals surface area contributed by atoms with E-state index in [4.69, 9.17) is 0 Å². The number of urea groups is 1. The monoisotopic (exact) mass is 330 g/mol. The number of hydrogen-bond acceptors (Lipinski definition) is 2.